The maximum atomic E-state index is 11.0. The van der Waals surface area contributed by atoms with Crippen molar-refractivity contribution in [1.29, 1.82) is 0 Å². The van der Waals surface area contributed by atoms with Gasteiger partial charge in [0.15, 0.2) is 0 Å². The van der Waals surface area contributed by atoms with Gasteiger partial charge in [-0.15, -0.1) is 0 Å². The Kier molecular flexibility index (Phi) is 6.18. The van der Waals surface area contributed by atoms with E-state index in [4.69, 9.17) is 9.84 Å². The summed E-state index contributed by atoms with van der Waals surface area (Å²) >= 11 is 0. The third-order valence-electron chi connectivity index (χ3n) is 1.20. The van der Waals surface area contributed by atoms with E-state index in [-0.39, 0.29) is 18.8 Å². The molecule has 1 N–H and O–H groups in total. The fourth-order valence-corrected chi connectivity index (χ4v) is 0.645. The van der Waals surface area contributed by atoms with E-state index >= 15 is 0 Å². The second-order valence-electron chi connectivity index (χ2n) is 2.69. The molecule has 76 valence electrons. The predicted molar refractivity (Wildman–Crippen MR) is 48.3 cm³/mol. The average Bonchev–Trinajstić information content (AvgIpc) is 2.04. The summed E-state index contributed by atoms with van der Waals surface area (Å²) in [5.74, 6) is -0.451. The number of carbonyl (C=O) groups excluding carboxylic acids is 1. The highest BCUT2D eigenvalue weighted by Crippen LogP contribution is 1.96. The minimum absolute atomic E-state index is 0.101. The molecule has 0 rings (SSSR count). The highest BCUT2D eigenvalue weighted by atomic mass is 16.5. The largest absolute Gasteiger partial charge is 0.463 e. The topological polar surface area (TPSA) is 55.8 Å². The van der Waals surface area contributed by atoms with Crippen LogP contribution in [-0.4, -0.2) is 37.0 Å². The molecule has 0 bridgehead atoms. The summed E-state index contributed by atoms with van der Waals surface area (Å²) in [7, 11) is 0. The van der Waals surface area contributed by atoms with Crippen LogP contribution in [0.25, 0.3) is 0 Å². The summed E-state index contributed by atoms with van der Waals surface area (Å²) in [6.45, 7) is 7.44. The molecule has 0 amide bonds. The minimum Gasteiger partial charge on any atom is -0.463 e. The summed E-state index contributed by atoms with van der Waals surface area (Å²) < 4.78 is 9.65. The van der Waals surface area contributed by atoms with Gasteiger partial charge in [0, 0.05) is 0 Å². The van der Waals surface area contributed by atoms with E-state index in [1.165, 1.54) is 0 Å². The van der Waals surface area contributed by atoms with E-state index in [1.54, 1.807) is 13.8 Å². The number of aliphatic hydroxyl groups excluding tert-OH is 1. The van der Waals surface area contributed by atoms with E-state index in [1.807, 2.05) is 0 Å². The molecular formula is C9H16O4. The number of esters is 1. The Hall–Kier alpha value is -0.870. The first-order valence-corrected chi connectivity index (χ1v) is 4.18. The first-order chi connectivity index (χ1) is 6.07. The lowest BCUT2D eigenvalue weighted by molar-refractivity contribution is -0.139. The van der Waals surface area contributed by atoms with Gasteiger partial charge in [-0.1, -0.05) is 6.58 Å². The third-order valence-corrected chi connectivity index (χ3v) is 1.20. The van der Waals surface area contributed by atoms with Crippen LogP contribution >= 0.6 is 0 Å². The highest BCUT2D eigenvalue weighted by Gasteiger charge is 2.07. The molecule has 0 aliphatic carbocycles. The zero-order valence-corrected chi connectivity index (χ0v) is 8.08. The maximum Gasteiger partial charge on any atom is 0.335 e. The van der Waals surface area contributed by atoms with Crippen molar-refractivity contribution in [3.8, 4) is 0 Å². The molecule has 0 aliphatic rings. The first-order valence-electron chi connectivity index (χ1n) is 4.18. The zero-order valence-electron chi connectivity index (χ0n) is 8.08. The van der Waals surface area contributed by atoms with Crippen molar-refractivity contribution in [3.05, 3.63) is 12.2 Å². The Labute approximate surface area is 78.2 Å². The molecule has 0 saturated heterocycles. The molecule has 0 saturated carbocycles. The van der Waals surface area contributed by atoms with Crippen LogP contribution in [0.4, 0.5) is 0 Å². The summed E-state index contributed by atoms with van der Waals surface area (Å²) in [5.41, 5.74) is 0.266. The third kappa shape index (κ3) is 6.31. The van der Waals surface area contributed by atoms with E-state index in [0.29, 0.717) is 6.61 Å². The average molecular weight is 188 g/mol. The normalized spacial score (nSPS) is 12.2. The zero-order chi connectivity index (χ0) is 10.3. The van der Waals surface area contributed by atoms with Crippen molar-refractivity contribution >= 4 is 5.97 Å². The van der Waals surface area contributed by atoms with Crippen molar-refractivity contribution in [2.75, 3.05) is 19.8 Å². The van der Waals surface area contributed by atoms with E-state index in [9.17, 15) is 4.79 Å². The van der Waals surface area contributed by atoms with Gasteiger partial charge in [-0.3, -0.25) is 0 Å². The summed E-state index contributed by atoms with van der Waals surface area (Å²) in [6, 6.07) is 0. The van der Waals surface area contributed by atoms with Gasteiger partial charge in [-0.2, -0.15) is 0 Å². The lowest BCUT2D eigenvalue weighted by Gasteiger charge is -2.07. The molecule has 0 heterocycles. The van der Waals surface area contributed by atoms with Gasteiger partial charge in [0.25, 0.3) is 0 Å². The standard InChI is InChI=1S/C9H16O4/c1-4-13-9(11)7(2)5-12-6-8(3)10/h8,10H,2,4-6H2,1,3H3. The molecule has 4 nitrogen and oxygen atoms in total. The van der Waals surface area contributed by atoms with Crippen molar-refractivity contribution in [2.24, 2.45) is 0 Å². The molecule has 0 spiro atoms. The Bertz CT molecular complexity index is 174. The number of hydrogen-bond acceptors (Lipinski definition) is 4. The molecular weight excluding hydrogens is 172 g/mol. The Morgan fingerprint density at radius 3 is 2.69 bits per heavy atom. The monoisotopic (exact) mass is 188 g/mol. The molecule has 4 heteroatoms. The molecule has 0 aromatic heterocycles. The van der Waals surface area contributed by atoms with Crippen LogP contribution in [0.5, 0.6) is 0 Å². The van der Waals surface area contributed by atoms with Gasteiger partial charge in [0.2, 0.25) is 0 Å². The van der Waals surface area contributed by atoms with Crippen LogP contribution in [0, 0.1) is 0 Å². The maximum absolute atomic E-state index is 11.0. The van der Waals surface area contributed by atoms with Crippen LogP contribution in [-0.2, 0) is 14.3 Å². The van der Waals surface area contributed by atoms with Crippen LogP contribution in [0.1, 0.15) is 13.8 Å². The van der Waals surface area contributed by atoms with Crippen molar-refractivity contribution < 1.29 is 19.4 Å². The highest BCUT2D eigenvalue weighted by molar-refractivity contribution is 5.87. The lowest BCUT2D eigenvalue weighted by Crippen LogP contribution is -2.16. The van der Waals surface area contributed by atoms with Gasteiger partial charge in [0.1, 0.15) is 0 Å². The summed E-state index contributed by atoms with van der Waals surface area (Å²) in [5, 5.41) is 8.84. The molecule has 0 aromatic rings. The summed E-state index contributed by atoms with van der Waals surface area (Å²) in [4.78, 5) is 11.0. The van der Waals surface area contributed by atoms with Crippen molar-refractivity contribution in [1.82, 2.24) is 0 Å². The Morgan fingerprint density at radius 1 is 1.62 bits per heavy atom. The van der Waals surface area contributed by atoms with Gasteiger partial charge >= 0.3 is 5.97 Å². The number of rotatable bonds is 6. The fraction of sp³-hybridized carbons (Fsp3) is 0.667. The molecule has 1 unspecified atom stereocenters. The van der Waals surface area contributed by atoms with Gasteiger partial charge in [-0.05, 0) is 13.8 Å². The van der Waals surface area contributed by atoms with Crippen LogP contribution < -0.4 is 0 Å². The van der Waals surface area contributed by atoms with E-state index < -0.39 is 12.1 Å². The van der Waals surface area contributed by atoms with Crippen LogP contribution in [0.2, 0.25) is 0 Å². The van der Waals surface area contributed by atoms with E-state index in [0.717, 1.165) is 0 Å². The van der Waals surface area contributed by atoms with Gasteiger partial charge in [0.05, 0.1) is 31.5 Å². The molecule has 0 aromatic carbocycles. The molecule has 0 radical (unpaired) electrons. The van der Waals surface area contributed by atoms with Crippen molar-refractivity contribution in [2.45, 2.75) is 20.0 Å². The van der Waals surface area contributed by atoms with Gasteiger partial charge < -0.3 is 14.6 Å². The number of ether oxygens (including phenoxy) is 2. The molecule has 0 fully saturated rings. The fourth-order valence-electron chi connectivity index (χ4n) is 0.645. The smallest absolute Gasteiger partial charge is 0.335 e. The van der Waals surface area contributed by atoms with Gasteiger partial charge in [-0.25, -0.2) is 4.79 Å². The number of carbonyl (C=O) groups is 1. The lowest BCUT2D eigenvalue weighted by atomic mass is 10.3. The summed E-state index contributed by atoms with van der Waals surface area (Å²) in [6.07, 6.45) is -0.532. The quantitative estimate of drug-likeness (QED) is 0.487. The molecule has 0 aliphatic heterocycles. The second-order valence-corrected chi connectivity index (χ2v) is 2.69. The molecule has 1 atom stereocenters. The Balaban J connectivity index is 3.56. The predicted octanol–water partition coefficient (Wildman–Crippen LogP) is 0.503. The minimum atomic E-state index is -0.532. The number of aliphatic hydroxyl groups is 1. The SMILES string of the molecule is C=C(COCC(C)O)C(=O)OCC. The van der Waals surface area contributed by atoms with Crippen molar-refractivity contribution in [3.63, 3.8) is 0 Å². The molecule has 13 heavy (non-hydrogen) atoms. The van der Waals surface area contributed by atoms with Crippen LogP contribution in [0.3, 0.4) is 0 Å². The van der Waals surface area contributed by atoms with E-state index in [2.05, 4.69) is 11.3 Å². The number of hydrogen-bond donors (Lipinski definition) is 1. The second kappa shape index (κ2) is 6.62. The first kappa shape index (κ1) is 12.1. The van der Waals surface area contributed by atoms with Crippen LogP contribution in [0.15, 0.2) is 12.2 Å². The Morgan fingerprint density at radius 2 is 2.23 bits per heavy atom.